The van der Waals surface area contributed by atoms with Gasteiger partial charge in [-0.3, -0.25) is 4.79 Å². The molecule has 64 valence electrons. The Labute approximate surface area is 65.9 Å². The molecule has 0 aromatic rings. The first-order valence-electron chi connectivity index (χ1n) is 3.82. The van der Waals surface area contributed by atoms with Gasteiger partial charge >= 0.3 is 5.97 Å². The van der Waals surface area contributed by atoms with Gasteiger partial charge in [-0.05, 0) is 6.92 Å². The van der Waals surface area contributed by atoms with Crippen molar-refractivity contribution in [3.63, 3.8) is 0 Å². The molecule has 1 fully saturated rings. The van der Waals surface area contributed by atoms with Crippen molar-refractivity contribution in [2.45, 2.75) is 13.0 Å². The lowest BCUT2D eigenvalue weighted by atomic mass is 10.3. The van der Waals surface area contributed by atoms with E-state index in [4.69, 9.17) is 9.47 Å². The van der Waals surface area contributed by atoms with Gasteiger partial charge in [0.05, 0.1) is 19.8 Å². The molecule has 0 amide bonds. The molecule has 1 aliphatic rings. The van der Waals surface area contributed by atoms with Crippen molar-refractivity contribution in [1.82, 2.24) is 5.32 Å². The smallest absolute Gasteiger partial charge is 0.325 e. The van der Waals surface area contributed by atoms with Gasteiger partial charge in [-0.2, -0.15) is 0 Å². The largest absolute Gasteiger partial charge is 0.465 e. The molecule has 1 heterocycles. The topological polar surface area (TPSA) is 47.6 Å². The number of esters is 1. The van der Waals surface area contributed by atoms with Gasteiger partial charge in [-0.15, -0.1) is 0 Å². The molecule has 0 aliphatic carbocycles. The molecule has 0 aromatic heterocycles. The summed E-state index contributed by atoms with van der Waals surface area (Å²) in [6.07, 6.45) is 0. The number of ether oxygens (including phenoxy) is 2. The van der Waals surface area contributed by atoms with E-state index in [1.165, 1.54) is 0 Å². The molecule has 0 unspecified atom stereocenters. The number of hydrogen-bond donors (Lipinski definition) is 1. The van der Waals surface area contributed by atoms with Crippen LogP contribution in [0.4, 0.5) is 0 Å². The number of carbonyl (C=O) groups is 1. The van der Waals surface area contributed by atoms with Crippen LogP contribution in [0, 0.1) is 0 Å². The van der Waals surface area contributed by atoms with Gasteiger partial charge in [0.15, 0.2) is 0 Å². The van der Waals surface area contributed by atoms with Crippen LogP contribution in [-0.2, 0) is 14.3 Å². The Hall–Kier alpha value is -0.610. The highest BCUT2D eigenvalue weighted by Gasteiger charge is 2.21. The van der Waals surface area contributed by atoms with Crippen molar-refractivity contribution in [2.75, 3.05) is 26.4 Å². The summed E-state index contributed by atoms with van der Waals surface area (Å²) in [5.74, 6) is -0.216. The Balaban J connectivity index is 2.27. The average molecular weight is 159 g/mol. The van der Waals surface area contributed by atoms with E-state index in [2.05, 4.69) is 5.32 Å². The third kappa shape index (κ3) is 2.48. The monoisotopic (exact) mass is 159 g/mol. The number of rotatable bonds is 2. The molecule has 0 bridgehead atoms. The van der Waals surface area contributed by atoms with Crippen LogP contribution in [0.15, 0.2) is 0 Å². The second-order valence-electron chi connectivity index (χ2n) is 2.33. The summed E-state index contributed by atoms with van der Waals surface area (Å²) in [6, 6.07) is -0.260. The second kappa shape index (κ2) is 4.31. The maximum absolute atomic E-state index is 11.0. The molecule has 0 radical (unpaired) electrons. The fourth-order valence-corrected chi connectivity index (χ4v) is 0.960. The molecule has 1 N–H and O–H groups in total. The van der Waals surface area contributed by atoms with Gasteiger partial charge < -0.3 is 14.8 Å². The number of morpholine rings is 1. The highest BCUT2D eigenvalue weighted by atomic mass is 16.5. The van der Waals surface area contributed by atoms with Gasteiger partial charge in [0, 0.05) is 6.54 Å². The van der Waals surface area contributed by atoms with E-state index in [-0.39, 0.29) is 12.0 Å². The Morgan fingerprint density at radius 1 is 1.82 bits per heavy atom. The molecule has 0 spiro atoms. The van der Waals surface area contributed by atoms with E-state index < -0.39 is 0 Å². The van der Waals surface area contributed by atoms with E-state index in [1.807, 2.05) is 0 Å². The van der Waals surface area contributed by atoms with Crippen molar-refractivity contribution >= 4 is 5.97 Å². The zero-order valence-corrected chi connectivity index (χ0v) is 6.63. The summed E-state index contributed by atoms with van der Waals surface area (Å²) in [7, 11) is 0. The maximum atomic E-state index is 11.0. The third-order valence-electron chi connectivity index (χ3n) is 1.49. The number of carbonyl (C=O) groups excluding carboxylic acids is 1. The minimum atomic E-state index is -0.260. The quantitative estimate of drug-likeness (QED) is 0.554. The van der Waals surface area contributed by atoms with Crippen molar-refractivity contribution in [3.8, 4) is 0 Å². The summed E-state index contributed by atoms with van der Waals surface area (Å²) >= 11 is 0. The molecule has 0 saturated carbocycles. The van der Waals surface area contributed by atoms with Gasteiger partial charge in [-0.25, -0.2) is 0 Å². The molecule has 1 aliphatic heterocycles. The molecular formula is C7H13NO3. The zero-order chi connectivity index (χ0) is 8.10. The standard InChI is InChI=1S/C7H13NO3/c1-2-11-7(9)6-5-10-4-3-8-6/h6,8H,2-5H2,1H3/t6-/m1/s1. The Kier molecular flexibility index (Phi) is 3.32. The molecule has 0 aromatic carbocycles. The molecular weight excluding hydrogens is 146 g/mol. The predicted molar refractivity (Wildman–Crippen MR) is 39.2 cm³/mol. The average Bonchev–Trinajstić information content (AvgIpc) is 2.07. The molecule has 1 rings (SSSR count). The summed E-state index contributed by atoms with van der Waals surface area (Å²) in [6.45, 7) is 4.05. The Morgan fingerprint density at radius 2 is 2.64 bits per heavy atom. The highest BCUT2D eigenvalue weighted by molar-refractivity contribution is 5.76. The van der Waals surface area contributed by atoms with Gasteiger partial charge in [0.1, 0.15) is 6.04 Å². The summed E-state index contributed by atoms with van der Waals surface area (Å²) in [4.78, 5) is 11.0. The van der Waals surface area contributed by atoms with Crippen molar-refractivity contribution < 1.29 is 14.3 Å². The highest BCUT2D eigenvalue weighted by Crippen LogP contribution is 1.95. The van der Waals surface area contributed by atoms with Crippen molar-refractivity contribution in [1.29, 1.82) is 0 Å². The molecule has 4 heteroatoms. The van der Waals surface area contributed by atoms with E-state index in [0.717, 1.165) is 6.54 Å². The fourth-order valence-electron chi connectivity index (χ4n) is 0.960. The van der Waals surface area contributed by atoms with Gasteiger partial charge in [0.2, 0.25) is 0 Å². The van der Waals surface area contributed by atoms with E-state index in [0.29, 0.717) is 19.8 Å². The van der Waals surface area contributed by atoms with Crippen LogP contribution in [0.5, 0.6) is 0 Å². The first-order valence-corrected chi connectivity index (χ1v) is 3.82. The third-order valence-corrected chi connectivity index (χ3v) is 1.49. The lowest BCUT2D eigenvalue weighted by Gasteiger charge is -2.21. The molecule has 11 heavy (non-hydrogen) atoms. The van der Waals surface area contributed by atoms with E-state index in [1.54, 1.807) is 6.92 Å². The summed E-state index contributed by atoms with van der Waals surface area (Å²) < 4.78 is 9.89. The Bertz CT molecular complexity index is 132. The minimum Gasteiger partial charge on any atom is -0.465 e. The minimum absolute atomic E-state index is 0.216. The van der Waals surface area contributed by atoms with Crippen molar-refractivity contribution in [2.24, 2.45) is 0 Å². The van der Waals surface area contributed by atoms with E-state index >= 15 is 0 Å². The first-order chi connectivity index (χ1) is 5.34. The lowest BCUT2D eigenvalue weighted by Crippen LogP contribution is -2.47. The van der Waals surface area contributed by atoms with Crippen molar-refractivity contribution in [3.05, 3.63) is 0 Å². The second-order valence-corrected chi connectivity index (χ2v) is 2.33. The molecule has 4 nitrogen and oxygen atoms in total. The van der Waals surface area contributed by atoms with Crippen LogP contribution in [0.3, 0.4) is 0 Å². The lowest BCUT2D eigenvalue weighted by molar-refractivity contribution is -0.148. The van der Waals surface area contributed by atoms with Crippen LogP contribution in [0.1, 0.15) is 6.92 Å². The Morgan fingerprint density at radius 3 is 3.18 bits per heavy atom. The number of hydrogen-bond acceptors (Lipinski definition) is 4. The first kappa shape index (κ1) is 8.49. The SMILES string of the molecule is CCOC(=O)[C@H]1COCCN1. The van der Waals surface area contributed by atoms with Crippen LogP contribution < -0.4 is 5.32 Å². The summed E-state index contributed by atoms with van der Waals surface area (Å²) in [5, 5.41) is 3.00. The summed E-state index contributed by atoms with van der Waals surface area (Å²) in [5.41, 5.74) is 0. The normalized spacial score (nSPS) is 24.6. The van der Waals surface area contributed by atoms with Crippen LogP contribution >= 0.6 is 0 Å². The van der Waals surface area contributed by atoms with Gasteiger partial charge in [0.25, 0.3) is 0 Å². The maximum Gasteiger partial charge on any atom is 0.325 e. The van der Waals surface area contributed by atoms with Gasteiger partial charge in [-0.1, -0.05) is 0 Å². The predicted octanol–water partition coefficient (Wildman–Crippen LogP) is -0.462. The molecule has 1 saturated heterocycles. The van der Waals surface area contributed by atoms with Crippen LogP contribution in [0.25, 0.3) is 0 Å². The van der Waals surface area contributed by atoms with Crippen LogP contribution in [0.2, 0.25) is 0 Å². The van der Waals surface area contributed by atoms with Crippen LogP contribution in [-0.4, -0.2) is 38.4 Å². The fraction of sp³-hybridized carbons (Fsp3) is 0.857. The molecule has 1 atom stereocenters. The zero-order valence-electron chi connectivity index (χ0n) is 6.63. The van der Waals surface area contributed by atoms with E-state index in [9.17, 15) is 4.79 Å². The number of nitrogens with one attached hydrogen (secondary N) is 1.